The van der Waals surface area contributed by atoms with Crippen molar-refractivity contribution in [1.29, 1.82) is 0 Å². The molecule has 0 N–H and O–H groups in total. The second-order valence-electron chi connectivity index (χ2n) is 2.84. The van der Waals surface area contributed by atoms with Gasteiger partial charge in [0.1, 0.15) is 6.17 Å². The van der Waals surface area contributed by atoms with Gasteiger partial charge in [0.15, 0.2) is 0 Å². The topological polar surface area (TPSA) is 0 Å². The number of alkyl halides is 2. The minimum atomic E-state index is -0.807. The van der Waals surface area contributed by atoms with E-state index in [1.807, 2.05) is 0 Å². The van der Waals surface area contributed by atoms with Gasteiger partial charge in [0.25, 0.3) is 0 Å². The van der Waals surface area contributed by atoms with Crippen LogP contribution in [0.1, 0.15) is 25.7 Å². The fourth-order valence-corrected chi connectivity index (χ4v) is 1.76. The van der Waals surface area contributed by atoms with Gasteiger partial charge in [0.2, 0.25) is 0 Å². The summed E-state index contributed by atoms with van der Waals surface area (Å²) in [4.78, 5) is 0. The lowest BCUT2D eigenvalue weighted by Gasteiger charge is -2.08. The summed E-state index contributed by atoms with van der Waals surface area (Å²) in [5.74, 6) is 0. The van der Waals surface area contributed by atoms with Crippen LogP contribution in [-0.4, -0.2) is 16.8 Å². The lowest BCUT2D eigenvalue weighted by Crippen LogP contribution is -2.12. The molecule has 3 atom stereocenters. The number of halogens is 2. The minimum absolute atomic E-state index is 0.267. The van der Waals surface area contributed by atoms with E-state index in [2.05, 4.69) is 12.6 Å². The third-order valence-electron chi connectivity index (χ3n) is 1.94. The average Bonchev–Trinajstić information content (AvgIpc) is 2.04. The molecule has 1 fully saturated rings. The summed E-state index contributed by atoms with van der Waals surface area (Å²) in [6.07, 6.45) is 2.38. The summed E-state index contributed by atoms with van der Waals surface area (Å²) in [6, 6.07) is 0. The number of hydrogen-bond acceptors (Lipinski definition) is 1. The highest BCUT2D eigenvalue weighted by Crippen LogP contribution is 2.27. The molecular formula is C7H12ClFS. The Balaban J connectivity index is 2.38. The Morgan fingerprint density at radius 1 is 1.20 bits per heavy atom. The molecule has 1 aliphatic carbocycles. The molecule has 0 nitrogen and oxygen atoms in total. The van der Waals surface area contributed by atoms with E-state index in [0.29, 0.717) is 11.7 Å². The molecule has 0 aromatic carbocycles. The van der Waals surface area contributed by atoms with Crippen molar-refractivity contribution in [3.8, 4) is 0 Å². The Bertz CT molecular complexity index is 97.8. The normalized spacial score (nSPS) is 42.9. The average molecular weight is 183 g/mol. The van der Waals surface area contributed by atoms with Crippen LogP contribution in [-0.2, 0) is 0 Å². The van der Waals surface area contributed by atoms with Crippen molar-refractivity contribution in [3.63, 3.8) is 0 Å². The molecule has 0 aliphatic heterocycles. The van der Waals surface area contributed by atoms with Crippen LogP contribution in [0, 0.1) is 0 Å². The Hall–Kier alpha value is 0.570. The fourth-order valence-electron chi connectivity index (χ4n) is 1.21. The molecule has 1 saturated carbocycles. The summed E-state index contributed by atoms with van der Waals surface area (Å²) in [7, 11) is 0. The quantitative estimate of drug-likeness (QED) is 0.333. The van der Waals surface area contributed by atoms with Crippen LogP contribution >= 0.6 is 24.2 Å². The smallest absolute Gasteiger partial charge is 0.116 e. The Labute approximate surface area is 71.5 Å². The maximum atomic E-state index is 12.8. The molecule has 0 bridgehead atoms. The van der Waals surface area contributed by atoms with Crippen molar-refractivity contribution in [1.82, 2.24) is 0 Å². The van der Waals surface area contributed by atoms with E-state index in [9.17, 15) is 4.39 Å². The molecule has 0 amide bonds. The highest BCUT2D eigenvalue weighted by atomic mass is 35.5. The summed E-state index contributed by atoms with van der Waals surface area (Å²) < 4.78 is 12.8. The zero-order chi connectivity index (χ0) is 7.56. The molecule has 0 saturated heterocycles. The van der Waals surface area contributed by atoms with Gasteiger partial charge >= 0.3 is 0 Å². The van der Waals surface area contributed by atoms with E-state index in [-0.39, 0.29) is 5.38 Å². The fraction of sp³-hybridized carbons (Fsp3) is 1.00. The Morgan fingerprint density at radius 3 is 2.50 bits per heavy atom. The first-order valence-electron chi connectivity index (χ1n) is 3.66. The Kier molecular flexibility index (Phi) is 3.31. The standard InChI is InChI=1S/C7H12ClFS/c8-6-3-1-5(10)2-4-7(6)9/h5-7,10H,1-4H2. The molecule has 0 aromatic rings. The predicted octanol–water partition coefficient (Wildman–Crippen LogP) is 2.80. The van der Waals surface area contributed by atoms with E-state index in [1.165, 1.54) is 0 Å². The molecule has 60 valence electrons. The summed E-state index contributed by atoms with van der Waals surface area (Å²) in [5.41, 5.74) is 0. The van der Waals surface area contributed by atoms with Gasteiger partial charge < -0.3 is 0 Å². The third kappa shape index (κ3) is 2.31. The predicted molar refractivity (Wildman–Crippen MR) is 45.8 cm³/mol. The zero-order valence-corrected chi connectivity index (χ0v) is 7.41. The molecule has 3 heteroatoms. The van der Waals surface area contributed by atoms with E-state index in [4.69, 9.17) is 11.6 Å². The summed E-state index contributed by atoms with van der Waals surface area (Å²) >= 11 is 10.0. The van der Waals surface area contributed by atoms with Gasteiger partial charge in [-0.3, -0.25) is 0 Å². The van der Waals surface area contributed by atoms with Crippen molar-refractivity contribution in [3.05, 3.63) is 0 Å². The SMILES string of the molecule is FC1CCC(S)CCC1Cl. The first-order chi connectivity index (χ1) is 4.70. The van der Waals surface area contributed by atoms with E-state index >= 15 is 0 Å². The minimum Gasteiger partial charge on any atom is -0.246 e. The van der Waals surface area contributed by atoms with Gasteiger partial charge in [-0.2, -0.15) is 12.6 Å². The second-order valence-corrected chi connectivity index (χ2v) is 4.13. The maximum absolute atomic E-state index is 12.8. The van der Waals surface area contributed by atoms with Gasteiger partial charge in [-0.15, -0.1) is 11.6 Å². The highest BCUT2D eigenvalue weighted by Gasteiger charge is 2.23. The Morgan fingerprint density at radius 2 is 1.80 bits per heavy atom. The van der Waals surface area contributed by atoms with Gasteiger partial charge in [-0.05, 0) is 25.7 Å². The molecule has 0 radical (unpaired) electrons. The summed E-state index contributed by atoms with van der Waals surface area (Å²) in [5, 5.41) is 0.0964. The molecule has 0 spiro atoms. The molecule has 10 heavy (non-hydrogen) atoms. The second kappa shape index (κ2) is 3.82. The van der Waals surface area contributed by atoms with Crippen molar-refractivity contribution in [2.24, 2.45) is 0 Å². The van der Waals surface area contributed by atoms with Crippen LogP contribution in [0.15, 0.2) is 0 Å². The van der Waals surface area contributed by atoms with Crippen LogP contribution < -0.4 is 0 Å². The molecule has 1 aliphatic rings. The van der Waals surface area contributed by atoms with Gasteiger partial charge in [0.05, 0.1) is 5.38 Å². The lowest BCUT2D eigenvalue weighted by molar-refractivity contribution is 0.306. The maximum Gasteiger partial charge on any atom is 0.116 e. The first kappa shape index (κ1) is 8.66. The third-order valence-corrected chi connectivity index (χ3v) is 2.95. The van der Waals surface area contributed by atoms with Crippen LogP contribution in [0.3, 0.4) is 0 Å². The number of rotatable bonds is 0. The number of hydrogen-bond donors (Lipinski definition) is 1. The molecule has 0 aromatic heterocycles. The van der Waals surface area contributed by atoms with E-state index in [0.717, 1.165) is 19.3 Å². The van der Waals surface area contributed by atoms with Crippen LogP contribution in [0.4, 0.5) is 4.39 Å². The zero-order valence-electron chi connectivity index (χ0n) is 5.76. The summed E-state index contributed by atoms with van der Waals surface area (Å²) in [6.45, 7) is 0. The van der Waals surface area contributed by atoms with E-state index in [1.54, 1.807) is 0 Å². The van der Waals surface area contributed by atoms with Crippen LogP contribution in [0.25, 0.3) is 0 Å². The molecule has 1 rings (SSSR count). The molecule has 3 unspecified atom stereocenters. The van der Waals surface area contributed by atoms with Gasteiger partial charge in [0, 0.05) is 5.25 Å². The van der Waals surface area contributed by atoms with E-state index < -0.39 is 6.17 Å². The van der Waals surface area contributed by atoms with Crippen LogP contribution in [0.5, 0.6) is 0 Å². The van der Waals surface area contributed by atoms with Crippen molar-refractivity contribution in [2.75, 3.05) is 0 Å². The lowest BCUT2D eigenvalue weighted by atomic mass is 10.2. The molecule has 0 heterocycles. The van der Waals surface area contributed by atoms with Gasteiger partial charge in [-0.25, -0.2) is 4.39 Å². The number of thiol groups is 1. The van der Waals surface area contributed by atoms with Crippen molar-refractivity contribution >= 4 is 24.2 Å². The molecular weight excluding hydrogens is 171 g/mol. The highest BCUT2D eigenvalue weighted by molar-refractivity contribution is 7.80. The monoisotopic (exact) mass is 182 g/mol. The first-order valence-corrected chi connectivity index (χ1v) is 4.61. The van der Waals surface area contributed by atoms with Crippen LogP contribution in [0.2, 0.25) is 0 Å². The van der Waals surface area contributed by atoms with Gasteiger partial charge in [-0.1, -0.05) is 0 Å². The van der Waals surface area contributed by atoms with Crippen molar-refractivity contribution < 1.29 is 4.39 Å². The largest absolute Gasteiger partial charge is 0.246 e. The van der Waals surface area contributed by atoms with Crippen molar-refractivity contribution in [2.45, 2.75) is 42.5 Å².